The van der Waals surface area contributed by atoms with E-state index in [1.807, 2.05) is 0 Å². The SMILES string of the molecule is NCC(O)c1cc(Cl)c(Br)cc1F. The molecule has 72 valence electrons. The second-order valence-electron chi connectivity index (χ2n) is 2.54. The normalized spacial score (nSPS) is 13.0. The Kier molecular flexibility index (Phi) is 3.67. The molecule has 3 N–H and O–H groups in total. The summed E-state index contributed by atoms with van der Waals surface area (Å²) < 4.78 is 13.6. The lowest BCUT2D eigenvalue weighted by molar-refractivity contribution is 0.182. The molecule has 1 rings (SSSR count). The number of rotatable bonds is 2. The zero-order valence-electron chi connectivity index (χ0n) is 6.60. The molecule has 1 unspecified atom stereocenters. The highest BCUT2D eigenvalue weighted by atomic mass is 79.9. The average Bonchev–Trinajstić information content (AvgIpc) is 2.10. The van der Waals surface area contributed by atoms with Crippen molar-refractivity contribution < 1.29 is 9.50 Å². The lowest BCUT2D eigenvalue weighted by atomic mass is 10.1. The van der Waals surface area contributed by atoms with Crippen molar-refractivity contribution in [3.05, 3.63) is 33.0 Å². The number of aliphatic hydroxyl groups is 1. The minimum absolute atomic E-state index is 0.0329. The second-order valence-corrected chi connectivity index (χ2v) is 3.80. The summed E-state index contributed by atoms with van der Waals surface area (Å²) in [6.45, 7) is -0.0329. The summed E-state index contributed by atoms with van der Waals surface area (Å²) in [6.07, 6.45) is -1.01. The van der Waals surface area contributed by atoms with Crippen LogP contribution in [0, 0.1) is 5.82 Å². The highest BCUT2D eigenvalue weighted by molar-refractivity contribution is 9.10. The molecule has 0 bridgehead atoms. The van der Waals surface area contributed by atoms with Crippen molar-refractivity contribution in [3.8, 4) is 0 Å². The van der Waals surface area contributed by atoms with Gasteiger partial charge in [0.25, 0.3) is 0 Å². The molecular formula is C8H8BrClFNO. The molecule has 0 spiro atoms. The van der Waals surface area contributed by atoms with E-state index >= 15 is 0 Å². The van der Waals surface area contributed by atoms with Crippen LogP contribution in [0.4, 0.5) is 4.39 Å². The maximum absolute atomic E-state index is 13.2. The van der Waals surface area contributed by atoms with Gasteiger partial charge in [0.1, 0.15) is 5.82 Å². The van der Waals surface area contributed by atoms with E-state index in [4.69, 9.17) is 17.3 Å². The Labute approximate surface area is 88.6 Å². The molecule has 0 aliphatic rings. The van der Waals surface area contributed by atoms with Crippen LogP contribution in [0.25, 0.3) is 0 Å². The van der Waals surface area contributed by atoms with Crippen LogP contribution in [0.3, 0.4) is 0 Å². The molecule has 0 aliphatic heterocycles. The Hall–Kier alpha value is -0.160. The van der Waals surface area contributed by atoms with Crippen LogP contribution in [0.5, 0.6) is 0 Å². The molecule has 0 saturated heterocycles. The molecule has 13 heavy (non-hydrogen) atoms. The van der Waals surface area contributed by atoms with Crippen LogP contribution in [-0.2, 0) is 0 Å². The number of aliphatic hydroxyl groups excluding tert-OH is 1. The van der Waals surface area contributed by atoms with Crippen molar-refractivity contribution >= 4 is 27.5 Å². The van der Waals surface area contributed by atoms with Gasteiger partial charge in [-0.25, -0.2) is 4.39 Å². The third-order valence-corrected chi connectivity index (χ3v) is 2.82. The van der Waals surface area contributed by atoms with E-state index in [-0.39, 0.29) is 12.1 Å². The first-order valence-corrected chi connectivity index (χ1v) is 4.76. The third-order valence-electron chi connectivity index (χ3n) is 1.62. The summed E-state index contributed by atoms with van der Waals surface area (Å²) in [5, 5.41) is 9.64. The topological polar surface area (TPSA) is 46.2 Å². The molecule has 0 aliphatic carbocycles. The minimum Gasteiger partial charge on any atom is -0.387 e. The molecule has 0 aromatic heterocycles. The van der Waals surface area contributed by atoms with Gasteiger partial charge in [-0.15, -0.1) is 0 Å². The molecule has 5 heteroatoms. The summed E-state index contributed by atoms with van der Waals surface area (Å²) >= 11 is 8.79. The van der Waals surface area contributed by atoms with Crippen molar-refractivity contribution in [1.82, 2.24) is 0 Å². The fourth-order valence-corrected chi connectivity index (χ4v) is 1.41. The van der Waals surface area contributed by atoms with Crippen molar-refractivity contribution in [1.29, 1.82) is 0 Å². The van der Waals surface area contributed by atoms with Crippen molar-refractivity contribution in [3.63, 3.8) is 0 Å². The Bertz CT molecular complexity index is 321. The van der Waals surface area contributed by atoms with Crippen molar-refractivity contribution in [2.45, 2.75) is 6.10 Å². The molecule has 1 aromatic rings. The number of benzene rings is 1. The zero-order chi connectivity index (χ0) is 10.0. The third kappa shape index (κ3) is 2.40. The summed E-state index contributed by atoms with van der Waals surface area (Å²) in [6, 6.07) is 2.56. The monoisotopic (exact) mass is 267 g/mol. The van der Waals surface area contributed by atoms with Crippen LogP contribution in [0.2, 0.25) is 5.02 Å². The van der Waals surface area contributed by atoms with Crippen molar-refractivity contribution in [2.75, 3.05) is 6.54 Å². The lowest BCUT2D eigenvalue weighted by Gasteiger charge is -2.10. The summed E-state index contributed by atoms with van der Waals surface area (Å²) in [5.41, 5.74) is 5.31. The van der Waals surface area contributed by atoms with E-state index in [0.29, 0.717) is 9.50 Å². The Morgan fingerprint density at radius 3 is 2.77 bits per heavy atom. The molecule has 0 heterocycles. The maximum Gasteiger partial charge on any atom is 0.130 e. The van der Waals surface area contributed by atoms with Gasteiger partial charge in [0.05, 0.1) is 11.1 Å². The number of halogens is 3. The highest BCUT2D eigenvalue weighted by Gasteiger charge is 2.13. The Balaban J connectivity index is 3.15. The minimum atomic E-state index is -1.01. The van der Waals surface area contributed by atoms with Crippen LogP contribution >= 0.6 is 27.5 Å². The highest BCUT2D eigenvalue weighted by Crippen LogP contribution is 2.28. The van der Waals surface area contributed by atoms with Gasteiger partial charge in [-0.1, -0.05) is 11.6 Å². The Morgan fingerprint density at radius 1 is 1.62 bits per heavy atom. The fraction of sp³-hybridized carbons (Fsp3) is 0.250. The molecular weight excluding hydrogens is 260 g/mol. The zero-order valence-corrected chi connectivity index (χ0v) is 8.94. The quantitative estimate of drug-likeness (QED) is 0.808. The summed E-state index contributed by atoms with van der Waals surface area (Å²) in [5.74, 6) is -0.519. The van der Waals surface area contributed by atoms with Gasteiger partial charge in [-0.3, -0.25) is 0 Å². The van der Waals surface area contributed by atoms with Gasteiger partial charge >= 0.3 is 0 Å². The largest absolute Gasteiger partial charge is 0.387 e. The molecule has 0 saturated carbocycles. The van der Waals surface area contributed by atoms with E-state index < -0.39 is 11.9 Å². The predicted octanol–water partition coefficient (Wildman–Crippen LogP) is 2.23. The second kappa shape index (κ2) is 4.37. The summed E-state index contributed by atoms with van der Waals surface area (Å²) in [4.78, 5) is 0. The lowest BCUT2D eigenvalue weighted by Crippen LogP contribution is -2.13. The van der Waals surface area contributed by atoms with E-state index in [1.165, 1.54) is 12.1 Å². The predicted molar refractivity (Wildman–Crippen MR) is 53.1 cm³/mol. The molecule has 1 aromatic carbocycles. The van der Waals surface area contributed by atoms with Gasteiger partial charge in [-0.2, -0.15) is 0 Å². The molecule has 0 fully saturated rings. The molecule has 2 nitrogen and oxygen atoms in total. The smallest absolute Gasteiger partial charge is 0.130 e. The molecule has 0 radical (unpaired) electrons. The maximum atomic E-state index is 13.2. The van der Waals surface area contributed by atoms with Gasteiger partial charge in [0.2, 0.25) is 0 Å². The van der Waals surface area contributed by atoms with Gasteiger partial charge in [0.15, 0.2) is 0 Å². The van der Waals surface area contributed by atoms with Gasteiger partial charge in [-0.05, 0) is 28.1 Å². The molecule has 0 amide bonds. The number of hydrogen-bond donors (Lipinski definition) is 2. The van der Waals surface area contributed by atoms with Crippen molar-refractivity contribution in [2.24, 2.45) is 5.73 Å². The summed E-state index contributed by atoms with van der Waals surface area (Å²) in [7, 11) is 0. The standard InChI is InChI=1S/C8H8BrClFNO/c9-5-2-7(11)4(1-6(5)10)8(13)3-12/h1-2,8,13H,3,12H2. The van der Waals surface area contributed by atoms with Gasteiger partial charge < -0.3 is 10.8 Å². The first-order chi connectivity index (χ1) is 6.06. The van der Waals surface area contributed by atoms with E-state index in [0.717, 1.165) is 0 Å². The van der Waals surface area contributed by atoms with Crippen LogP contribution in [0.1, 0.15) is 11.7 Å². The fourth-order valence-electron chi connectivity index (χ4n) is 0.920. The van der Waals surface area contributed by atoms with E-state index in [1.54, 1.807) is 0 Å². The number of nitrogens with two attached hydrogens (primary N) is 1. The number of hydrogen-bond acceptors (Lipinski definition) is 2. The average molecular weight is 269 g/mol. The van der Waals surface area contributed by atoms with Crippen LogP contribution in [-0.4, -0.2) is 11.7 Å². The van der Waals surface area contributed by atoms with Crippen LogP contribution in [0.15, 0.2) is 16.6 Å². The first kappa shape index (κ1) is 10.9. The Morgan fingerprint density at radius 2 is 2.23 bits per heavy atom. The first-order valence-electron chi connectivity index (χ1n) is 3.59. The van der Waals surface area contributed by atoms with Gasteiger partial charge in [0, 0.05) is 16.6 Å². The van der Waals surface area contributed by atoms with E-state index in [9.17, 15) is 9.50 Å². The molecule has 1 atom stereocenters. The van der Waals surface area contributed by atoms with Crippen LogP contribution < -0.4 is 5.73 Å². The van der Waals surface area contributed by atoms with E-state index in [2.05, 4.69) is 15.9 Å².